The number of hydrogen-bond donors (Lipinski definition) is 0. The number of amides is 1. The first kappa shape index (κ1) is 24.7. The molecule has 0 saturated carbocycles. The summed E-state index contributed by atoms with van der Waals surface area (Å²) in [5.74, 6) is -1.08. The smallest absolute Gasteiger partial charge is 0.246 e. The predicted octanol–water partition coefficient (Wildman–Crippen LogP) is 3.31. The number of benzene rings is 2. The van der Waals surface area contributed by atoms with Gasteiger partial charge in [0.05, 0.1) is 13.7 Å². The quantitative estimate of drug-likeness (QED) is 0.542. The van der Waals surface area contributed by atoms with E-state index < -0.39 is 26.6 Å². The molecule has 1 aliphatic rings. The zero-order valence-electron chi connectivity index (χ0n) is 18.5. The number of carbonyl (C=O) groups excluding carboxylic acids is 1. The van der Waals surface area contributed by atoms with E-state index in [2.05, 4.69) is 0 Å². The third-order valence-corrected chi connectivity index (χ3v) is 7.06. The Hall–Kier alpha value is -2.98. The number of carbonyl (C=O) groups is 1. The number of nitrogens with zero attached hydrogens (tertiary/aromatic N) is 2. The van der Waals surface area contributed by atoms with Gasteiger partial charge in [-0.1, -0.05) is 13.0 Å². The maximum atomic E-state index is 14.0. The van der Waals surface area contributed by atoms with Crippen LogP contribution < -0.4 is 9.47 Å². The van der Waals surface area contributed by atoms with Gasteiger partial charge in [-0.3, -0.25) is 4.79 Å². The van der Waals surface area contributed by atoms with Crippen LogP contribution in [0.2, 0.25) is 0 Å². The molecule has 0 unspecified atom stereocenters. The normalized spacial score (nSPS) is 15.1. The van der Waals surface area contributed by atoms with E-state index in [9.17, 15) is 22.0 Å². The van der Waals surface area contributed by atoms with E-state index in [1.54, 1.807) is 24.3 Å². The second-order valence-electron chi connectivity index (χ2n) is 7.40. The van der Waals surface area contributed by atoms with Crippen LogP contribution in [0.4, 0.5) is 8.78 Å². The van der Waals surface area contributed by atoms with Crippen molar-refractivity contribution in [3.05, 3.63) is 59.7 Å². The molecule has 178 valence electrons. The van der Waals surface area contributed by atoms with Crippen LogP contribution in [-0.4, -0.2) is 63.4 Å². The van der Waals surface area contributed by atoms with Crippen molar-refractivity contribution in [1.29, 1.82) is 0 Å². The summed E-state index contributed by atoms with van der Waals surface area (Å²) in [6, 6.07) is 7.69. The highest BCUT2D eigenvalue weighted by Gasteiger charge is 2.31. The lowest BCUT2D eigenvalue weighted by Gasteiger charge is -2.33. The minimum absolute atomic E-state index is 0.00994. The summed E-state index contributed by atoms with van der Waals surface area (Å²) in [6.07, 6.45) is 3.92. The Kier molecular flexibility index (Phi) is 8.04. The fourth-order valence-corrected chi connectivity index (χ4v) is 4.83. The van der Waals surface area contributed by atoms with Crippen LogP contribution in [0.3, 0.4) is 0 Å². The van der Waals surface area contributed by atoms with Crippen LogP contribution in [0.25, 0.3) is 6.08 Å². The molecule has 3 rings (SSSR count). The van der Waals surface area contributed by atoms with Gasteiger partial charge < -0.3 is 14.4 Å². The molecule has 33 heavy (non-hydrogen) atoms. The molecule has 1 amide bonds. The van der Waals surface area contributed by atoms with Crippen molar-refractivity contribution in [2.75, 3.05) is 39.9 Å². The van der Waals surface area contributed by atoms with Gasteiger partial charge in [0.1, 0.15) is 16.5 Å². The molecule has 0 atom stereocenters. The summed E-state index contributed by atoms with van der Waals surface area (Å²) in [4.78, 5) is 13.5. The Balaban J connectivity index is 1.62. The standard InChI is InChI=1S/C23H26F2N2O5S/c1-3-14-32-20-7-4-17(15-21(20)31-2)5-9-23(28)26-10-12-27(13-11-26)33(29,30)22-8-6-18(24)16-19(22)25/h4-9,15-16H,3,10-14H2,1-2H3/b9-5+. The molecule has 0 aromatic heterocycles. The van der Waals surface area contributed by atoms with Crippen LogP contribution >= 0.6 is 0 Å². The van der Waals surface area contributed by atoms with Crippen molar-refractivity contribution in [2.45, 2.75) is 18.2 Å². The number of piperazine rings is 1. The van der Waals surface area contributed by atoms with Crippen molar-refractivity contribution in [3.63, 3.8) is 0 Å². The van der Waals surface area contributed by atoms with Gasteiger partial charge >= 0.3 is 0 Å². The molecule has 1 heterocycles. The average molecular weight is 481 g/mol. The maximum Gasteiger partial charge on any atom is 0.246 e. The Morgan fingerprint density at radius 2 is 1.79 bits per heavy atom. The third-order valence-electron chi connectivity index (χ3n) is 5.13. The van der Waals surface area contributed by atoms with Crippen LogP contribution in [0.15, 0.2) is 47.4 Å². The molecule has 1 aliphatic heterocycles. The number of halogens is 2. The summed E-state index contributed by atoms with van der Waals surface area (Å²) < 4.78 is 64.5. The molecule has 7 nitrogen and oxygen atoms in total. The van der Waals surface area contributed by atoms with E-state index in [1.807, 2.05) is 6.92 Å². The Bertz CT molecular complexity index is 1130. The minimum atomic E-state index is -4.12. The third kappa shape index (κ3) is 5.88. The molecule has 2 aromatic rings. The summed E-state index contributed by atoms with van der Waals surface area (Å²) in [6.45, 7) is 2.90. The SMILES string of the molecule is CCCOc1ccc(/C=C/C(=O)N2CCN(S(=O)(=O)c3ccc(F)cc3F)CC2)cc1OC. The Morgan fingerprint density at radius 1 is 1.06 bits per heavy atom. The van der Waals surface area contributed by atoms with E-state index in [0.29, 0.717) is 24.2 Å². The number of hydrogen-bond acceptors (Lipinski definition) is 5. The van der Waals surface area contributed by atoms with Crippen LogP contribution in [-0.2, 0) is 14.8 Å². The fraction of sp³-hybridized carbons (Fsp3) is 0.348. The van der Waals surface area contributed by atoms with Gasteiger partial charge in [-0.15, -0.1) is 0 Å². The van der Waals surface area contributed by atoms with Gasteiger partial charge in [0.2, 0.25) is 15.9 Å². The fourth-order valence-electron chi connectivity index (χ4n) is 3.36. The molecule has 0 aliphatic carbocycles. The zero-order chi connectivity index (χ0) is 24.0. The van der Waals surface area contributed by atoms with Gasteiger partial charge in [-0.05, 0) is 42.3 Å². The van der Waals surface area contributed by atoms with Crippen molar-refractivity contribution in [2.24, 2.45) is 0 Å². The molecular formula is C23H26F2N2O5S. The summed E-state index contributed by atoms with van der Waals surface area (Å²) in [7, 11) is -2.58. The van der Waals surface area contributed by atoms with Gasteiger partial charge in [0, 0.05) is 38.3 Å². The Labute approximate surface area is 192 Å². The second kappa shape index (κ2) is 10.8. The molecule has 1 saturated heterocycles. The molecule has 2 aromatic carbocycles. The summed E-state index contributed by atoms with van der Waals surface area (Å²) >= 11 is 0. The molecule has 0 N–H and O–H groups in total. The van der Waals surface area contributed by atoms with Crippen molar-refractivity contribution < 1.29 is 31.5 Å². The summed E-state index contributed by atoms with van der Waals surface area (Å²) in [5.41, 5.74) is 0.747. The highest BCUT2D eigenvalue weighted by Crippen LogP contribution is 2.29. The van der Waals surface area contributed by atoms with E-state index >= 15 is 0 Å². The van der Waals surface area contributed by atoms with E-state index in [1.165, 1.54) is 18.1 Å². The van der Waals surface area contributed by atoms with Gasteiger partial charge in [-0.2, -0.15) is 4.31 Å². The van der Waals surface area contributed by atoms with Crippen LogP contribution in [0.5, 0.6) is 11.5 Å². The van der Waals surface area contributed by atoms with Gasteiger partial charge in [0.25, 0.3) is 0 Å². The first-order chi connectivity index (χ1) is 15.8. The number of methoxy groups -OCH3 is 1. The second-order valence-corrected chi connectivity index (χ2v) is 9.30. The van der Waals surface area contributed by atoms with Gasteiger partial charge in [0.15, 0.2) is 11.5 Å². The zero-order valence-corrected chi connectivity index (χ0v) is 19.3. The van der Waals surface area contributed by atoms with Crippen molar-refractivity contribution >= 4 is 22.0 Å². The first-order valence-corrected chi connectivity index (χ1v) is 11.9. The first-order valence-electron chi connectivity index (χ1n) is 10.5. The molecule has 1 fully saturated rings. The highest BCUT2D eigenvalue weighted by molar-refractivity contribution is 7.89. The molecule has 0 bridgehead atoms. The Morgan fingerprint density at radius 3 is 2.42 bits per heavy atom. The minimum Gasteiger partial charge on any atom is -0.493 e. The number of sulfonamides is 1. The lowest BCUT2D eigenvalue weighted by Crippen LogP contribution is -2.50. The largest absolute Gasteiger partial charge is 0.493 e. The van der Waals surface area contributed by atoms with Crippen molar-refractivity contribution in [1.82, 2.24) is 9.21 Å². The van der Waals surface area contributed by atoms with E-state index in [0.717, 1.165) is 28.4 Å². The van der Waals surface area contributed by atoms with E-state index in [4.69, 9.17) is 9.47 Å². The van der Waals surface area contributed by atoms with E-state index in [-0.39, 0.29) is 32.1 Å². The lowest BCUT2D eigenvalue weighted by molar-refractivity contribution is -0.127. The topological polar surface area (TPSA) is 76.2 Å². The number of rotatable bonds is 8. The predicted molar refractivity (Wildman–Crippen MR) is 120 cm³/mol. The van der Waals surface area contributed by atoms with Crippen LogP contribution in [0.1, 0.15) is 18.9 Å². The molecular weight excluding hydrogens is 454 g/mol. The van der Waals surface area contributed by atoms with Crippen LogP contribution in [0, 0.1) is 11.6 Å². The summed E-state index contributed by atoms with van der Waals surface area (Å²) in [5, 5.41) is 0. The van der Waals surface area contributed by atoms with Crippen molar-refractivity contribution in [3.8, 4) is 11.5 Å². The molecule has 0 spiro atoms. The molecule has 10 heteroatoms. The maximum absolute atomic E-state index is 14.0. The number of ether oxygens (including phenoxy) is 2. The monoisotopic (exact) mass is 480 g/mol. The highest BCUT2D eigenvalue weighted by atomic mass is 32.2. The lowest BCUT2D eigenvalue weighted by atomic mass is 10.2. The average Bonchev–Trinajstić information content (AvgIpc) is 2.81. The van der Waals surface area contributed by atoms with Gasteiger partial charge in [-0.25, -0.2) is 17.2 Å². The molecule has 0 radical (unpaired) electrons.